The first-order valence-corrected chi connectivity index (χ1v) is 11.9. The van der Waals surface area contributed by atoms with E-state index in [4.69, 9.17) is 0 Å². The molecule has 1 unspecified atom stereocenters. The van der Waals surface area contributed by atoms with E-state index in [0.717, 1.165) is 24.8 Å². The lowest BCUT2D eigenvalue weighted by Gasteiger charge is -2.19. The summed E-state index contributed by atoms with van der Waals surface area (Å²) >= 11 is 0. The highest BCUT2D eigenvalue weighted by Crippen LogP contribution is 2.10. The molecule has 4 heteroatoms. The molecule has 3 aromatic rings. The molecular formula is C29H34N2O2. The van der Waals surface area contributed by atoms with Crippen molar-refractivity contribution in [3.63, 3.8) is 0 Å². The summed E-state index contributed by atoms with van der Waals surface area (Å²) in [7, 11) is 0. The fraction of sp³-hybridized carbons (Fsp3) is 0.310. The van der Waals surface area contributed by atoms with Crippen LogP contribution in [0.1, 0.15) is 53.2 Å². The van der Waals surface area contributed by atoms with Crippen molar-refractivity contribution in [1.29, 1.82) is 0 Å². The molecule has 0 aliphatic carbocycles. The van der Waals surface area contributed by atoms with E-state index in [1.807, 2.05) is 84.9 Å². The van der Waals surface area contributed by atoms with Crippen molar-refractivity contribution < 1.29 is 9.59 Å². The van der Waals surface area contributed by atoms with E-state index in [0.29, 0.717) is 18.5 Å². The molecule has 2 N–H and O–H groups in total. The third kappa shape index (κ3) is 8.23. The first-order chi connectivity index (χ1) is 16.2. The highest BCUT2D eigenvalue weighted by Gasteiger charge is 2.21. The van der Waals surface area contributed by atoms with Crippen molar-refractivity contribution in [2.75, 3.05) is 6.54 Å². The summed E-state index contributed by atoms with van der Waals surface area (Å²) in [5.74, 6) is -0.395. The van der Waals surface area contributed by atoms with Crippen LogP contribution in [0.2, 0.25) is 0 Å². The lowest BCUT2D eigenvalue weighted by atomic mass is 10.0. The quantitative estimate of drug-likeness (QED) is 0.383. The molecule has 172 valence electrons. The van der Waals surface area contributed by atoms with Gasteiger partial charge in [-0.15, -0.1) is 0 Å². The fourth-order valence-corrected chi connectivity index (χ4v) is 3.80. The standard InChI is InChI=1S/C29H34N2O2/c1-2-3-6-11-24-16-18-26(19-17-24)28(32)31-27(22-25-14-9-5-10-15-25)29(33)30-21-20-23-12-7-4-8-13-23/h4-5,7-10,12-19,27H,2-3,6,11,20-22H2,1H3,(H,30,33)(H,31,32). The van der Waals surface area contributed by atoms with Crippen molar-refractivity contribution in [1.82, 2.24) is 10.6 Å². The van der Waals surface area contributed by atoms with Crippen LogP contribution >= 0.6 is 0 Å². The summed E-state index contributed by atoms with van der Waals surface area (Å²) < 4.78 is 0. The Morgan fingerprint density at radius 3 is 1.97 bits per heavy atom. The maximum Gasteiger partial charge on any atom is 0.251 e. The van der Waals surface area contributed by atoms with Gasteiger partial charge in [0.2, 0.25) is 5.91 Å². The molecule has 0 aliphatic heterocycles. The van der Waals surface area contributed by atoms with Crippen LogP contribution in [0, 0.1) is 0 Å². The monoisotopic (exact) mass is 442 g/mol. The minimum Gasteiger partial charge on any atom is -0.354 e. The number of carbonyl (C=O) groups is 2. The van der Waals surface area contributed by atoms with Crippen molar-refractivity contribution in [3.05, 3.63) is 107 Å². The largest absolute Gasteiger partial charge is 0.354 e. The topological polar surface area (TPSA) is 58.2 Å². The molecule has 0 spiro atoms. The molecule has 2 amide bonds. The second-order valence-electron chi connectivity index (χ2n) is 8.40. The number of carbonyl (C=O) groups excluding carboxylic acids is 2. The van der Waals surface area contributed by atoms with Crippen LogP contribution in [0.5, 0.6) is 0 Å². The molecule has 3 aromatic carbocycles. The van der Waals surface area contributed by atoms with Crippen molar-refractivity contribution >= 4 is 11.8 Å². The minimum atomic E-state index is -0.639. The second kappa shape index (κ2) is 13.2. The van der Waals surface area contributed by atoms with Crippen molar-refractivity contribution in [2.24, 2.45) is 0 Å². The zero-order valence-electron chi connectivity index (χ0n) is 19.4. The molecule has 0 radical (unpaired) electrons. The third-order valence-corrected chi connectivity index (χ3v) is 5.75. The average molecular weight is 443 g/mol. The molecule has 0 heterocycles. The Kier molecular flexibility index (Phi) is 9.71. The maximum atomic E-state index is 13.0. The predicted molar refractivity (Wildman–Crippen MR) is 134 cm³/mol. The van der Waals surface area contributed by atoms with Gasteiger partial charge < -0.3 is 10.6 Å². The molecule has 33 heavy (non-hydrogen) atoms. The molecule has 0 aliphatic rings. The van der Waals surface area contributed by atoms with E-state index >= 15 is 0 Å². The molecule has 0 saturated carbocycles. The van der Waals surface area contributed by atoms with Gasteiger partial charge in [0.15, 0.2) is 0 Å². The lowest BCUT2D eigenvalue weighted by molar-refractivity contribution is -0.122. The van der Waals surface area contributed by atoms with Crippen LogP contribution in [0.15, 0.2) is 84.9 Å². The molecule has 1 atom stereocenters. The maximum absolute atomic E-state index is 13.0. The van der Waals surface area contributed by atoms with Crippen LogP contribution in [0.25, 0.3) is 0 Å². The molecule has 0 fully saturated rings. The summed E-state index contributed by atoms with van der Waals surface area (Å²) in [6, 6.07) is 26.9. The number of amides is 2. The van der Waals surface area contributed by atoms with Crippen LogP contribution < -0.4 is 10.6 Å². The van der Waals surface area contributed by atoms with E-state index in [1.165, 1.54) is 24.0 Å². The molecule has 4 nitrogen and oxygen atoms in total. The number of nitrogens with one attached hydrogen (secondary N) is 2. The van der Waals surface area contributed by atoms with E-state index in [1.54, 1.807) is 0 Å². The molecule has 3 rings (SSSR count). The third-order valence-electron chi connectivity index (χ3n) is 5.75. The van der Waals surface area contributed by atoms with E-state index in [9.17, 15) is 9.59 Å². The summed E-state index contributed by atoms with van der Waals surface area (Å²) in [6.45, 7) is 2.72. The van der Waals surface area contributed by atoms with Gasteiger partial charge in [-0.25, -0.2) is 0 Å². The zero-order chi connectivity index (χ0) is 23.3. The lowest BCUT2D eigenvalue weighted by Crippen LogP contribution is -2.48. The molecular weight excluding hydrogens is 408 g/mol. The van der Waals surface area contributed by atoms with Crippen molar-refractivity contribution in [3.8, 4) is 0 Å². The molecule has 0 aromatic heterocycles. The summed E-state index contributed by atoms with van der Waals surface area (Å²) in [5, 5.41) is 5.94. The van der Waals surface area contributed by atoms with Crippen LogP contribution in [-0.4, -0.2) is 24.4 Å². The van der Waals surface area contributed by atoms with Gasteiger partial charge in [0.05, 0.1) is 0 Å². The van der Waals surface area contributed by atoms with Crippen LogP contribution in [-0.2, 0) is 24.1 Å². The van der Waals surface area contributed by atoms with Gasteiger partial charge >= 0.3 is 0 Å². The number of aryl methyl sites for hydroxylation is 1. The number of benzene rings is 3. The first kappa shape index (κ1) is 24.2. The highest BCUT2D eigenvalue weighted by molar-refractivity contribution is 5.97. The van der Waals surface area contributed by atoms with E-state index in [-0.39, 0.29) is 11.8 Å². The van der Waals surface area contributed by atoms with E-state index in [2.05, 4.69) is 17.6 Å². The SMILES string of the molecule is CCCCCc1ccc(C(=O)NC(Cc2ccccc2)C(=O)NCCc2ccccc2)cc1. The minimum absolute atomic E-state index is 0.167. The van der Waals surface area contributed by atoms with Gasteiger partial charge in [-0.05, 0) is 48.1 Å². The van der Waals surface area contributed by atoms with Gasteiger partial charge in [-0.2, -0.15) is 0 Å². The van der Waals surface area contributed by atoms with Gasteiger partial charge in [-0.3, -0.25) is 9.59 Å². The van der Waals surface area contributed by atoms with Gasteiger partial charge in [0.25, 0.3) is 5.91 Å². The summed E-state index contributed by atoms with van der Waals surface area (Å²) in [4.78, 5) is 25.9. The summed E-state index contributed by atoms with van der Waals surface area (Å²) in [5.41, 5.74) is 3.98. The number of hydrogen-bond donors (Lipinski definition) is 2. The normalized spacial score (nSPS) is 11.5. The van der Waals surface area contributed by atoms with Crippen LogP contribution in [0.4, 0.5) is 0 Å². The van der Waals surface area contributed by atoms with Crippen molar-refractivity contribution in [2.45, 2.75) is 51.5 Å². The number of rotatable bonds is 12. The number of unbranched alkanes of at least 4 members (excludes halogenated alkanes) is 2. The Morgan fingerprint density at radius 2 is 1.33 bits per heavy atom. The average Bonchev–Trinajstić information content (AvgIpc) is 2.85. The molecule has 0 saturated heterocycles. The Bertz CT molecular complexity index is 985. The van der Waals surface area contributed by atoms with Gasteiger partial charge in [0.1, 0.15) is 6.04 Å². The second-order valence-corrected chi connectivity index (χ2v) is 8.40. The van der Waals surface area contributed by atoms with Gasteiger partial charge in [-0.1, -0.05) is 92.6 Å². The Hall–Kier alpha value is -3.40. The molecule has 0 bridgehead atoms. The summed E-state index contributed by atoms with van der Waals surface area (Å²) in [6.07, 6.45) is 5.77. The van der Waals surface area contributed by atoms with Gasteiger partial charge in [0, 0.05) is 18.5 Å². The zero-order valence-corrected chi connectivity index (χ0v) is 19.4. The Balaban J connectivity index is 1.61. The van der Waals surface area contributed by atoms with E-state index < -0.39 is 6.04 Å². The predicted octanol–water partition coefficient (Wildman–Crippen LogP) is 5.12. The van der Waals surface area contributed by atoms with Crippen LogP contribution in [0.3, 0.4) is 0 Å². The smallest absolute Gasteiger partial charge is 0.251 e. The first-order valence-electron chi connectivity index (χ1n) is 11.9. The highest BCUT2D eigenvalue weighted by atomic mass is 16.2. The number of hydrogen-bond acceptors (Lipinski definition) is 2. The Morgan fingerprint density at radius 1 is 0.727 bits per heavy atom. The Labute approximate surface area is 197 Å². The fourth-order valence-electron chi connectivity index (χ4n) is 3.80.